The Morgan fingerprint density at radius 1 is 1.20 bits per heavy atom. The van der Waals surface area contributed by atoms with Gasteiger partial charge in [-0.05, 0) is 44.9 Å². The van der Waals surface area contributed by atoms with Crippen LogP contribution in [0.3, 0.4) is 0 Å². The van der Waals surface area contributed by atoms with Crippen LogP contribution in [0.5, 0.6) is 0 Å². The number of halogens is 6. The highest BCUT2D eigenvalue weighted by molar-refractivity contribution is 5.94. The van der Waals surface area contributed by atoms with E-state index in [2.05, 4.69) is 20.6 Å². The summed E-state index contributed by atoms with van der Waals surface area (Å²) >= 11 is 0. The SMILES string of the molecule is CC1CN(c2cc(C(F)(F)F)cc(-c3ccnc(NC(=O)C4CC4)c3C(C)C(F)(F)F)n2)CCN1. The van der Waals surface area contributed by atoms with Gasteiger partial charge in [0.15, 0.2) is 0 Å². The van der Waals surface area contributed by atoms with Gasteiger partial charge in [-0.15, -0.1) is 0 Å². The number of rotatable bonds is 5. The van der Waals surface area contributed by atoms with Crippen molar-refractivity contribution >= 4 is 17.5 Å². The van der Waals surface area contributed by atoms with Crippen molar-refractivity contribution in [2.24, 2.45) is 5.92 Å². The maximum Gasteiger partial charge on any atom is 0.416 e. The van der Waals surface area contributed by atoms with Crippen molar-refractivity contribution in [2.45, 2.75) is 51.0 Å². The number of alkyl halides is 6. The Balaban J connectivity index is 1.87. The van der Waals surface area contributed by atoms with E-state index in [9.17, 15) is 31.1 Å². The summed E-state index contributed by atoms with van der Waals surface area (Å²) in [5.74, 6) is -3.17. The Labute approximate surface area is 198 Å². The number of hydrogen-bond acceptors (Lipinski definition) is 5. The summed E-state index contributed by atoms with van der Waals surface area (Å²) in [4.78, 5) is 22.3. The number of nitrogens with zero attached hydrogens (tertiary/aromatic N) is 3. The zero-order valence-electron chi connectivity index (χ0n) is 19.1. The highest BCUT2D eigenvalue weighted by atomic mass is 19.4. The molecule has 2 aromatic heterocycles. The van der Waals surface area contributed by atoms with Crippen LogP contribution in [0, 0.1) is 5.92 Å². The summed E-state index contributed by atoms with van der Waals surface area (Å²) < 4.78 is 82.9. The Kier molecular flexibility index (Phi) is 6.69. The third kappa shape index (κ3) is 5.68. The van der Waals surface area contributed by atoms with Gasteiger partial charge in [0.25, 0.3) is 0 Å². The monoisotopic (exact) mass is 501 g/mol. The molecule has 35 heavy (non-hydrogen) atoms. The minimum atomic E-state index is -4.74. The van der Waals surface area contributed by atoms with Crippen LogP contribution < -0.4 is 15.5 Å². The van der Waals surface area contributed by atoms with E-state index in [1.165, 1.54) is 12.3 Å². The number of piperazine rings is 1. The maximum absolute atomic E-state index is 13.8. The zero-order chi connectivity index (χ0) is 25.5. The Bertz CT molecular complexity index is 1100. The highest BCUT2D eigenvalue weighted by Gasteiger charge is 2.42. The number of anilines is 2. The van der Waals surface area contributed by atoms with Gasteiger partial charge in [0.1, 0.15) is 11.6 Å². The highest BCUT2D eigenvalue weighted by Crippen LogP contribution is 2.44. The largest absolute Gasteiger partial charge is 0.416 e. The molecule has 2 N–H and O–H groups in total. The zero-order valence-corrected chi connectivity index (χ0v) is 19.1. The van der Waals surface area contributed by atoms with Crippen molar-refractivity contribution < 1.29 is 31.1 Å². The molecule has 1 aliphatic carbocycles. The van der Waals surface area contributed by atoms with E-state index >= 15 is 0 Å². The van der Waals surface area contributed by atoms with Crippen LogP contribution in [0.1, 0.15) is 43.7 Å². The molecule has 3 heterocycles. The molecule has 6 nitrogen and oxygen atoms in total. The van der Waals surface area contributed by atoms with Crippen LogP contribution in [0.4, 0.5) is 38.0 Å². The van der Waals surface area contributed by atoms with Gasteiger partial charge in [0.2, 0.25) is 5.91 Å². The quantitative estimate of drug-likeness (QED) is 0.566. The van der Waals surface area contributed by atoms with Gasteiger partial charge in [-0.25, -0.2) is 9.97 Å². The van der Waals surface area contributed by atoms with E-state index in [1.54, 1.807) is 4.90 Å². The first-order chi connectivity index (χ1) is 16.3. The van der Waals surface area contributed by atoms with E-state index < -0.39 is 35.3 Å². The molecule has 190 valence electrons. The number of aromatic nitrogens is 2. The summed E-state index contributed by atoms with van der Waals surface area (Å²) in [5, 5.41) is 5.63. The summed E-state index contributed by atoms with van der Waals surface area (Å²) in [6.45, 7) is 4.07. The van der Waals surface area contributed by atoms with E-state index in [0.717, 1.165) is 19.1 Å². The van der Waals surface area contributed by atoms with E-state index in [0.29, 0.717) is 32.5 Å². The predicted octanol–water partition coefficient (Wildman–Crippen LogP) is 4.97. The van der Waals surface area contributed by atoms with Crippen LogP contribution in [0.2, 0.25) is 0 Å². The second-order valence-corrected chi connectivity index (χ2v) is 9.05. The lowest BCUT2D eigenvalue weighted by molar-refractivity contribution is -0.146. The predicted molar refractivity (Wildman–Crippen MR) is 118 cm³/mol. The topological polar surface area (TPSA) is 70.2 Å². The molecule has 2 aromatic rings. The number of carbonyl (C=O) groups is 1. The summed E-state index contributed by atoms with van der Waals surface area (Å²) in [6.07, 6.45) is -7.05. The second-order valence-electron chi connectivity index (χ2n) is 9.05. The molecule has 1 saturated carbocycles. The van der Waals surface area contributed by atoms with Crippen molar-refractivity contribution in [3.8, 4) is 11.3 Å². The first kappa shape index (κ1) is 25.2. The molecule has 1 saturated heterocycles. The number of carbonyl (C=O) groups excluding carboxylic acids is 1. The molecule has 0 bridgehead atoms. The smallest absolute Gasteiger partial charge is 0.354 e. The minimum absolute atomic E-state index is 0.00507. The van der Waals surface area contributed by atoms with Crippen LogP contribution in [0.25, 0.3) is 11.3 Å². The molecule has 0 aromatic carbocycles. The molecular formula is C23H25F6N5O. The molecule has 2 atom stereocenters. The lowest BCUT2D eigenvalue weighted by Crippen LogP contribution is -2.49. The molecule has 2 unspecified atom stereocenters. The van der Waals surface area contributed by atoms with Gasteiger partial charge in [0.05, 0.1) is 17.2 Å². The molecule has 1 amide bonds. The Morgan fingerprint density at radius 3 is 2.51 bits per heavy atom. The summed E-state index contributed by atoms with van der Waals surface area (Å²) in [7, 11) is 0. The number of pyridine rings is 2. The lowest BCUT2D eigenvalue weighted by atomic mass is 9.93. The number of hydrogen-bond donors (Lipinski definition) is 2. The standard InChI is InChI=1S/C23H25F6N5O/c1-12-11-34(8-7-30-12)18-10-15(23(27,28)29)9-17(32-18)16-5-6-31-20(33-21(35)14-3-4-14)19(16)13(2)22(24,25)26/h5-6,9-10,12-14,30H,3-4,7-8,11H2,1-2H3,(H,31,33,35). The van der Waals surface area contributed by atoms with Crippen molar-refractivity contribution in [1.29, 1.82) is 0 Å². The molecular weight excluding hydrogens is 476 g/mol. The van der Waals surface area contributed by atoms with Gasteiger partial charge >= 0.3 is 12.4 Å². The first-order valence-corrected chi connectivity index (χ1v) is 11.3. The first-order valence-electron chi connectivity index (χ1n) is 11.3. The van der Waals surface area contributed by atoms with Crippen LogP contribution in [-0.2, 0) is 11.0 Å². The molecule has 2 fully saturated rings. The van der Waals surface area contributed by atoms with Crippen molar-refractivity contribution in [3.05, 3.63) is 35.5 Å². The summed E-state index contributed by atoms with van der Waals surface area (Å²) in [6, 6.07) is 2.85. The number of nitrogens with one attached hydrogen (secondary N) is 2. The third-order valence-corrected chi connectivity index (χ3v) is 6.21. The molecule has 0 spiro atoms. The average Bonchev–Trinajstić information content (AvgIpc) is 3.62. The van der Waals surface area contributed by atoms with Gasteiger partial charge in [0, 0.05) is 48.9 Å². The van der Waals surface area contributed by atoms with Gasteiger partial charge in [-0.3, -0.25) is 4.79 Å². The molecule has 12 heteroatoms. The molecule has 2 aliphatic rings. The van der Waals surface area contributed by atoms with Gasteiger partial charge < -0.3 is 15.5 Å². The van der Waals surface area contributed by atoms with E-state index in [1.807, 2.05) is 6.92 Å². The molecule has 0 radical (unpaired) electrons. The van der Waals surface area contributed by atoms with E-state index in [-0.39, 0.29) is 34.9 Å². The van der Waals surface area contributed by atoms with Gasteiger partial charge in [-0.2, -0.15) is 26.3 Å². The molecule has 1 aliphatic heterocycles. The molecule has 4 rings (SSSR count). The Morgan fingerprint density at radius 2 is 1.91 bits per heavy atom. The third-order valence-electron chi connectivity index (χ3n) is 6.21. The summed E-state index contributed by atoms with van der Waals surface area (Å²) in [5.41, 5.74) is -1.86. The van der Waals surface area contributed by atoms with Crippen LogP contribution >= 0.6 is 0 Å². The normalized spacial score (nSPS) is 20.0. The van der Waals surface area contributed by atoms with Crippen LogP contribution in [0.15, 0.2) is 24.4 Å². The fraction of sp³-hybridized carbons (Fsp3) is 0.522. The second kappa shape index (κ2) is 9.29. The van der Waals surface area contributed by atoms with Crippen molar-refractivity contribution in [1.82, 2.24) is 15.3 Å². The van der Waals surface area contributed by atoms with Crippen molar-refractivity contribution in [3.63, 3.8) is 0 Å². The van der Waals surface area contributed by atoms with Crippen LogP contribution in [-0.4, -0.2) is 47.7 Å². The fourth-order valence-corrected chi connectivity index (χ4v) is 4.08. The minimum Gasteiger partial charge on any atom is -0.354 e. The van der Waals surface area contributed by atoms with Gasteiger partial charge in [-0.1, -0.05) is 0 Å². The average molecular weight is 501 g/mol. The Hall–Kier alpha value is -2.89. The lowest BCUT2D eigenvalue weighted by Gasteiger charge is -2.33. The number of amides is 1. The van der Waals surface area contributed by atoms with E-state index in [4.69, 9.17) is 0 Å². The maximum atomic E-state index is 13.8. The van der Waals surface area contributed by atoms with Crippen molar-refractivity contribution in [2.75, 3.05) is 29.9 Å². The fourth-order valence-electron chi connectivity index (χ4n) is 4.08.